The van der Waals surface area contributed by atoms with E-state index in [4.69, 9.17) is 22.1 Å². The summed E-state index contributed by atoms with van der Waals surface area (Å²) in [5.41, 5.74) is 5.58. The summed E-state index contributed by atoms with van der Waals surface area (Å²) in [4.78, 5) is 23.2. The molecule has 0 aliphatic carbocycles. The van der Waals surface area contributed by atoms with Crippen molar-refractivity contribution < 1.29 is 13.9 Å². The molecule has 0 unspecified atom stereocenters. The zero-order valence-electron chi connectivity index (χ0n) is 10.9. The molecule has 110 valence electrons. The molecule has 0 saturated carbocycles. The Kier molecular flexibility index (Phi) is 4.59. The van der Waals surface area contributed by atoms with Gasteiger partial charge in [0.25, 0.3) is 5.56 Å². The van der Waals surface area contributed by atoms with Crippen LogP contribution in [0, 0.1) is 5.82 Å². The van der Waals surface area contributed by atoms with Gasteiger partial charge in [0.15, 0.2) is 0 Å². The molecule has 5 nitrogen and oxygen atoms in total. The molecule has 0 atom stereocenters. The first-order chi connectivity index (χ1) is 9.97. The van der Waals surface area contributed by atoms with E-state index in [1.165, 1.54) is 36.5 Å². The lowest BCUT2D eigenvalue weighted by molar-refractivity contribution is -0.145. The van der Waals surface area contributed by atoms with Crippen LogP contribution in [0.2, 0.25) is 5.02 Å². The Morgan fingerprint density at radius 2 is 2.10 bits per heavy atom. The third-order valence-corrected chi connectivity index (χ3v) is 3.10. The first-order valence-electron chi connectivity index (χ1n) is 6.02. The highest BCUT2D eigenvalue weighted by atomic mass is 35.5. The van der Waals surface area contributed by atoms with E-state index >= 15 is 0 Å². The SMILES string of the molecule is Nc1ccc(=O)n(CC(=O)OCc2c(F)cccc2Cl)c1. The first kappa shape index (κ1) is 15.1. The van der Waals surface area contributed by atoms with Crippen LogP contribution in [0.3, 0.4) is 0 Å². The lowest BCUT2D eigenvalue weighted by atomic mass is 10.2. The van der Waals surface area contributed by atoms with Gasteiger partial charge >= 0.3 is 5.97 Å². The van der Waals surface area contributed by atoms with E-state index in [2.05, 4.69) is 0 Å². The predicted octanol–water partition coefficient (Wildman–Crippen LogP) is 1.97. The van der Waals surface area contributed by atoms with Gasteiger partial charge in [-0.15, -0.1) is 0 Å². The lowest BCUT2D eigenvalue weighted by Crippen LogP contribution is -2.24. The second-order valence-corrected chi connectivity index (χ2v) is 4.70. The maximum Gasteiger partial charge on any atom is 0.326 e. The number of pyridine rings is 1. The summed E-state index contributed by atoms with van der Waals surface area (Å²) < 4.78 is 19.5. The van der Waals surface area contributed by atoms with E-state index in [1.807, 2.05) is 0 Å². The van der Waals surface area contributed by atoms with Gasteiger partial charge in [0.1, 0.15) is 19.0 Å². The Balaban J connectivity index is 2.03. The zero-order valence-corrected chi connectivity index (χ0v) is 11.6. The third kappa shape index (κ3) is 3.82. The summed E-state index contributed by atoms with van der Waals surface area (Å²) in [5.74, 6) is -1.25. The predicted molar refractivity (Wildman–Crippen MR) is 76.3 cm³/mol. The van der Waals surface area contributed by atoms with Gasteiger partial charge in [-0.25, -0.2) is 4.39 Å². The van der Waals surface area contributed by atoms with Crippen LogP contribution in [-0.2, 0) is 22.7 Å². The molecule has 1 heterocycles. The van der Waals surface area contributed by atoms with E-state index in [1.54, 1.807) is 0 Å². The van der Waals surface area contributed by atoms with Crippen molar-refractivity contribution in [2.75, 3.05) is 5.73 Å². The minimum atomic E-state index is -0.693. The molecular weight excluding hydrogens is 299 g/mol. The molecule has 2 N–H and O–H groups in total. The van der Waals surface area contributed by atoms with Crippen molar-refractivity contribution in [2.45, 2.75) is 13.2 Å². The normalized spacial score (nSPS) is 10.4. The van der Waals surface area contributed by atoms with Crippen LogP contribution in [0.4, 0.5) is 10.1 Å². The van der Waals surface area contributed by atoms with Crippen molar-refractivity contribution in [3.63, 3.8) is 0 Å². The molecule has 1 aromatic carbocycles. The molecule has 0 fully saturated rings. The molecule has 21 heavy (non-hydrogen) atoms. The minimum Gasteiger partial charge on any atom is -0.459 e. The molecule has 1 aromatic heterocycles. The molecule has 0 saturated heterocycles. The van der Waals surface area contributed by atoms with Crippen LogP contribution in [-0.4, -0.2) is 10.5 Å². The van der Waals surface area contributed by atoms with Crippen LogP contribution < -0.4 is 11.3 Å². The number of aromatic nitrogens is 1. The average molecular weight is 311 g/mol. The van der Waals surface area contributed by atoms with Gasteiger partial charge in [0, 0.05) is 23.5 Å². The fraction of sp³-hybridized carbons (Fsp3) is 0.143. The van der Waals surface area contributed by atoms with Crippen LogP contribution >= 0.6 is 11.6 Å². The van der Waals surface area contributed by atoms with Crippen LogP contribution in [0.15, 0.2) is 41.3 Å². The maximum atomic E-state index is 13.5. The summed E-state index contributed by atoms with van der Waals surface area (Å²) in [6.45, 7) is -0.614. The third-order valence-electron chi connectivity index (χ3n) is 2.74. The largest absolute Gasteiger partial charge is 0.459 e. The Morgan fingerprint density at radius 3 is 2.81 bits per heavy atom. The molecule has 0 aliphatic heterocycles. The number of hydrogen-bond acceptors (Lipinski definition) is 4. The number of nitrogen functional groups attached to an aromatic ring is 1. The summed E-state index contributed by atoms with van der Waals surface area (Å²) in [6.07, 6.45) is 1.33. The van der Waals surface area contributed by atoms with E-state index in [0.29, 0.717) is 5.69 Å². The van der Waals surface area contributed by atoms with Crippen molar-refractivity contribution in [1.29, 1.82) is 0 Å². The molecule has 2 aromatic rings. The van der Waals surface area contributed by atoms with Gasteiger partial charge in [-0.2, -0.15) is 0 Å². The van der Waals surface area contributed by atoms with Crippen molar-refractivity contribution in [2.24, 2.45) is 0 Å². The number of esters is 1. The highest BCUT2D eigenvalue weighted by molar-refractivity contribution is 6.31. The number of nitrogens with zero attached hydrogens (tertiary/aromatic N) is 1. The number of halogens is 2. The van der Waals surface area contributed by atoms with Crippen LogP contribution in [0.25, 0.3) is 0 Å². The van der Waals surface area contributed by atoms with E-state index in [0.717, 1.165) is 4.57 Å². The quantitative estimate of drug-likeness (QED) is 0.876. The number of nitrogens with two attached hydrogens (primary N) is 1. The van der Waals surface area contributed by atoms with E-state index < -0.39 is 11.8 Å². The van der Waals surface area contributed by atoms with Crippen LogP contribution in [0.1, 0.15) is 5.56 Å². The van der Waals surface area contributed by atoms with Gasteiger partial charge in [-0.05, 0) is 18.2 Å². The number of hydrogen-bond donors (Lipinski definition) is 1. The number of rotatable bonds is 4. The highest BCUT2D eigenvalue weighted by Crippen LogP contribution is 2.19. The molecule has 2 rings (SSSR count). The van der Waals surface area contributed by atoms with E-state index in [9.17, 15) is 14.0 Å². The van der Waals surface area contributed by atoms with E-state index in [-0.39, 0.29) is 29.3 Å². The molecule has 0 aliphatic rings. The van der Waals surface area contributed by atoms with Crippen molar-refractivity contribution in [3.05, 3.63) is 63.3 Å². The standard InChI is InChI=1S/C14H12ClFN2O3/c15-11-2-1-3-12(16)10(11)8-21-14(20)7-18-6-9(17)4-5-13(18)19/h1-6H,7-8,17H2. The maximum absolute atomic E-state index is 13.5. The Labute approximate surface area is 124 Å². The van der Waals surface area contributed by atoms with Crippen molar-refractivity contribution in [1.82, 2.24) is 4.57 Å². The van der Waals surface area contributed by atoms with Crippen LogP contribution in [0.5, 0.6) is 0 Å². The monoisotopic (exact) mass is 310 g/mol. The number of benzene rings is 1. The Bertz CT molecular complexity index is 710. The lowest BCUT2D eigenvalue weighted by Gasteiger charge is -2.09. The number of carbonyl (C=O) groups excluding carboxylic acids is 1. The molecule has 0 radical (unpaired) electrons. The number of anilines is 1. The second-order valence-electron chi connectivity index (χ2n) is 4.29. The molecule has 0 bridgehead atoms. The van der Waals surface area contributed by atoms with Gasteiger partial charge in [0.2, 0.25) is 0 Å². The fourth-order valence-electron chi connectivity index (χ4n) is 1.68. The zero-order chi connectivity index (χ0) is 15.4. The summed E-state index contributed by atoms with van der Waals surface area (Å²) in [6, 6.07) is 6.85. The number of ether oxygens (including phenoxy) is 1. The summed E-state index contributed by atoms with van der Waals surface area (Å²) >= 11 is 5.82. The van der Waals surface area contributed by atoms with Gasteiger partial charge in [-0.1, -0.05) is 17.7 Å². The molecular formula is C14H12ClFN2O3. The molecule has 0 amide bonds. The summed E-state index contributed by atoms with van der Waals surface area (Å²) in [7, 11) is 0. The first-order valence-corrected chi connectivity index (χ1v) is 6.39. The van der Waals surface area contributed by atoms with Crippen molar-refractivity contribution in [3.8, 4) is 0 Å². The average Bonchev–Trinajstić information content (AvgIpc) is 2.42. The topological polar surface area (TPSA) is 74.3 Å². The van der Waals surface area contributed by atoms with Gasteiger partial charge in [0.05, 0.1) is 5.02 Å². The summed E-state index contributed by atoms with van der Waals surface area (Å²) in [5, 5.41) is 0.170. The Hall–Kier alpha value is -2.34. The highest BCUT2D eigenvalue weighted by Gasteiger charge is 2.11. The Morgan fingerprint density at radius 1 is 1.33 bits per heavy atom. The molecule has 7 heteroatoms. The fourth-order valence-corrected chi connectivity index (χ4v) is 1.90. The minimum absolute atomic E-state index is 0.0902. The van der Waals surface area contributed by atoms with Crippen molar-refractivity contribution >= 4 is 23.3 Å². The van der Waals surface area contributed by atoms with Gasteiger partial charge in [-0.3, -0.25) is 9.59 Å². The smallest absolute Gasteiger partial charge is 0.326 e. The molecule has 0 spiro atoms. The van der Waals surface area contributed by atoms with Gasteiger partial charge < -0.3 is 15.0 Å². The number of carbonyl (C=O) groups is 1. The second kappa shape index (κ2) is 6.41.